The Morgan fingerprint density at radius 3 is 1.96 bits per heavy atom. The molecule has 0 aromatic carbocycles. The minimum absolute atomic E-state index is 0.0490. The lowest BCUT2D eigenvalue weighted by atomic mass is 9.99. The molecule has 2 atom stereocenters. The number of nitrogen functional groups attached to an aromatic ring is 1. The number of ether oxygens (including phenoxy) is 2. The average molecular weight is 696 g/mol. The molecule has 15 heteroatoms. The molecule has 1 aliphatic carbocycles. The lowest BCUT2D eigenvalue weighted by Crippen LogP contribution is -2.34. The van der Waals surface area contributed by atoms with Crippen LogP contribution in [0.5, 0.6) is 11.5 Å². The molecule has 6 rings (SSSR count). The van der Waals surface area contributed by atoms with Gasteiger partial charge in [0.1, 0.15) is 17.9 Å². The number of hydrogen-bond acceptors (Lipinski definition) is 9. The second-order valence-corrected chi connectivity index (χ2v) is 13.5. The van der Waals surface area contributed by atoms with Crippen molar-refractivity contribution in [3.05, 3.63) is 82.3 Å². The number of hydrogen-bond donors (Lipinski definition) is 4. The fourth-order valence-corrected chi connectivity index (χ4v) is 5.17. The second kappa shape index (κ2) is 14.1. The van der Waals surface area contributed by atoms with Crippen LogP contribution in [0.4, 0.5) is 20.2 Å². The van der Waals surface area contributed by atoms with Crippen LogP contribution in [-0.2, 0) is 12.8 Å². The zero-order valence-corrected chi connectivity index (χ0v) is 28.9. The van der Waals surface area contributed by atoms with Crippen molar-refractivity contribution < 1.29 is 33.3 Å². The van der Waals surface area contributed by atoms with Crippen molar-refractivity contribution in [2.45, 2.75) is 83.0 Å². The zero-order valence-electron chi connectivity index (χ0n) is 28.9. The van der Waals surface area contributed by atoms with Crippen molar-refractivity contribution in [3.63, 3.8) is 0 Å². The fourth-order valence-electron chi connectivity index (χ4n) is 5.17. The number of anilines is 2. The van der Waals surface area contributed by atoms with E-state index in [1.54, 1.807) is 58.0 Å². The molecule has 2 unspecified atom stereocenters. The number of pyridine rings is 3. The van der Waals surface area contributed by atoms with Crippen LogP contribution >= 0.6 is 0 Å². The first-order valence-electron chi connectivity index (χ1n) is 16.1. The summed E-state index contributed by atoms with van der Waals surface area (Å²) < 4.78 is 43.2. The highest BCUT2D eigenvalue weighted by atomic mass is 19.1. The summed E-state index contributed by atoms with van der Waals surface area (Å²) in [7, 11) is 2.98. The van der Waals surface area contributed by atoms with Crippen molar-refractivity contribution >= 4 is 28.3 Å². The van der Waals surface area contributed by atoms with Crippen molar-refractivity contribution in [2.75, 3.05) is 25.3 Å². The van der Waals surface area contributed by atoms with Gasteiger partial charge in [-0.05, 0) is 76.9 Å². The van der Waals surface area contributed by atoms with Crippen molar-refractivity contribution in [3.8, 4) is 11.5 Å². The van der Waals surface area contributed by atoms with Gasteiger partial charge in [0, 0.05) is 25.1 Å². The Kier molecular flexibility index (Phi) is 10.2. The molecule has 50 heavy (non-hydrogen) atoms. The van der Waals surface area contributed by atoms with Gasteiger partial charge in [-0.25, -0.2) is 17.8 Å². The first-order chi connectivity index (χ1) is 23.5. The highest BCUT2D eigenvalue weighted by molar-refractivity contribution is 6.05. The number of halogens is 2. The predicted octanol–water partition coefficient (Wildman–Crippen LogP) is 4.32. The normalized spacial score (nSPS) is 14.6. The first kappa shape index (κ1) is 36.3. The Morgan fingerprint density at radius 1 is 0.940 bits per heavy atom. The number of carbonyl (C=O) groups is 1. The third-order valence-electron chi connectivity index (χ3n) is 8.41. The van der Waals surface area contributed by atoms with Crippen LogP contribution in [0.15, 0.2) is 59.8 Å². The summed E-state index contributed by atoms with van der Waals surface area (Å²) >= 11 is 0. The standard InChI is InChI=1S/C22H25FN4O4.C13H18FN3O2/c1-22(2,30)19(23)10-13-9-15-11-17(18(31-3)12-27(15)25-13)24-20(28)16-5-4-8-26(21(16)29)14-6-7-14;1-13(2,18)12(14)5-8-4-9-6-10(15)11(19-3)7-17(9)16-8/h4-5,8-9,11-12,14,19,30H,6-7,10H2,1-3H3,(H,24,28);4,6-7,12,18H,5,15H2,1-3H3. The molecular formula is C35H43F2N7O6. The van der Waals surface area contributed by atoms with E-state index in [-0.39, 0.29) is 30.0 Å². The maximum atomic E-state index is 14.2. The number of amides is 1. The van der Waals surface area contributed by atoms with E-state index in [1.807, 2.05) is 0 Å². The Bertz CT molecular complexity index is 2060. The number of rotatable bonds is 11. The number of methoxy groups -OCH3 is 2. The molecule has 5 heterocycles. The van der Waals surface area contributed by atoms with Gasteiger partial charge in [-0.3, -0.25) is 9.59 Å². The number of carbonyl (C=O) groups excluding carboxylic acids is 1. The van der Waals surface area contributed by atoms with Crippen molar-refractivity contribution in [2.24, 2.45) is 0 Å². The molecule has 5 aromatic heterocycles. The summed E-state index contributed by atoms with van der Waals surface area (Å²) in [6.07, 6.45) is 3.92. The lowest BCUT2D eigenvalue weighted by molar-refractivity contribution is -0.00318. The van der Waals surface area contributed by atoms with Crippen LogP contribution in [0, 0.1) is 0 Å². The fraction of sp³-hybridized carbons (Fsp3) is 0.429. The summed E-state index contributed by atoms with van der Waals surface area (Å²) in [5, 5.41) is 30.7. The third-order valence-corrected chi connectivity index (χ3v) is 8.41. The van der Waals surface area contributed by atoms with E-state index in [0.29, 0.717) is 39.8 Å². The number of aliphatic hydroxyl groups is 2. The van der Waals surface area contributed by atoms with Gasteiger partial charge in [0.25, 0.3) is 11.5 Å². The highest BCUT2D eigenvalue weighted by Gasteiger charge is 2.29. The molecule has 1 fully saturated rings. The monoisotopic (exact) mass is 695 g/mol. The Balaban J connectivity index is 0.000000219. The minimum atomic E-state index is -1.48. The van der Waals surface area contributed by atoms with Gasteiger partial charge in [0.05, 0.1) is 71.6 Å². The van der Waals surface area contributed by atoms with E-state index in [9.17, 15) is 28.6 Å². The molecule has 1 aliphatic rings. The van der Waals surface area contributed by atoms with Crippen LogP contribution in [0.3, 0.4) is 0 Å². The smallest absolute Gasteiger partial charge is 0.263 e. The van der Waals surface area contributed by atoms with Crippen LogP contribution in [0.2, 0.25) is 0 Å². The average Bonchev–Trinajstić information content (AvgIpc) is 3.70. The van der Waals surface area contributed by atoms with E-state index in [2.05, 4.69) is 15.5 Å². The van der Waals surface area contributed by atoms with Crippen LogP contribution in [-0.4, -0.2) is 77.7 Å². The van der Waals surface area contributed by atoms with Gasteiger partial charge < -0.3 is 35.3 Å². The number of nitrogens with zero attached hydrogens (tertiary/aromatic N) is 5. The Labute approximate surface area is 287 Å². The van der Waals surface area contributed by atoms with E-state index < -0.39 is 29.5 Å². The number of aromatic nitrogens is 5. The second-order valence-electron chi connectivity index (χ2n) is 13.5. The van der Waals surface area contributed by atoms with E-state index in [4.69, 9.17) is 15.2 Å². The van der Waals surface area contributed by atoms with E-state index in [1.165, 1.54) is 52.5 Å². The number of fused-ring (bicyclic) bond motifs is 2. The summed E-state index contributed by atoms with van der Waals surface area (Å²) in [6, 6.07) is 10.1. The van der Waals surface area contributed by atoms with Gasteiger partial charge >= 0.3 is 0 Å². The SMILES string of the molecule is COc1cn2nc(CC(F)C(C)(C)O)cc2cc1N.COc1cn2nc(CC(F)C(C)(C)O)cc2cc1NC(=O)c1cccn(C2CC2)c1=O. The molecular weight excluding hydrogens is 652 g/mol. The van der Waals surface area contributed by atoms with Gasteiger partial charge in [0.15, 0.2) is 11.5 Å². The van der Waals surface area contributed by atoms with Crippen LogP contribution in [0.1, 0.15) is 68.3 Å². The van der Waals surface area contributed by atoms with Crippen molar-refractivity contribution in [1.29, 1.82) is 0 Å². The van der Waals surface area contributed by atoms with Gasteiger partial charge in [0.2, 0.25) is 0 Å². The topological polar surface area (TPSA) is 171 Å². The molecule has 0 saturated heterocycles. The van der Waals surface area contributed by atoms with E-state index in [0.717, 1.165) is 18.4 Å². The predicted molar refractivity (Wildman–Crippen MR) is 185 cm³/mol. The molecule has 1 amide bonds. The van der Waals surface area contributed by atoms with E-state index >= 15 is 0 Å². The molecule has 0 aliphatic heterocycles. The number of alkyl halides is 2. The maximum Gasteiger partial charge on any atom is 0.263 e. The number of nitrogens with one attached hydrogen (secondary N) is 1. The number of nitrogens with two attached hydrogens (primary N) is 1. The Hall–Kier alpha value is -5.02. The minimum Gasteiger partial charge on any atom is -0.493 e. The quantitative estimate of drug-likeness (QED) is 0.157. The van der Waals surface area contributed by atoms with Crippen LogP contribution in [0.25, 0.3) is 11.0 Å². The third kappa shape index (κ3) is 8.22. The molecule has 5 N–H and O–H groups in total. The molecule has 268 valence electrons. The molecule has 1 saturated carbocycles. The summed E-state index contributed by atoms with van der Waals surface area (Å²) in [5.41, 5.74) is 5.91. The highest BCUT2D eigenvalue weighted by Crippen LogP contribution is 2.33. The molecule has 0 bridgehead atoms. The largest absolute Gasteiger partial charge is 0.493 e. The summed E-state index contributed by atoms with van der Waals surface area (Å²) in [4.78, 5) is 25.5. The first-order valence-corrected chi connectivity index (χ1v) is 16.1. The summed E-state index contributed by atoms with van der Waals surface area (Å²) in [6.45, 7) is 5.69. The molecule has 0 spiro atoms. The maximum absolute atomic E-state index is 14.2. The zero-order chi connectivity index (χ0) is 36.5. The molecule has 5 aromatic rings. The molecule has 13 nitrogen and oxygen atoms in total. The summed E-state index contributed by atoms with van der Waals surface area (Å²) in [5.74, 6) is 0.322. The van der Waals surface area contributed by atoms with Gasteiger partial charge in [-0.2, -0.15) is 10.2 Å². The van der Waals surface area contributed by atoms with Gasteiger partial charge in [-0.15, -0.1) is 0 Å². The van der Waals surface area contributed by atoms with Gasteiger partial charge in [-0.1, -0.05) is 0 Å². The Morgan fingerprint density at radius 2 is 1.46 bits per heavy atom. The lowest BCUT2D eigenvalue weighted by Gasteiger charge is -2.21. The van der Waals surface area contributed by atoms with Crippen LogP contribution < -0.4 is 26.1 Å². The molecule has 0 radical (unpaired) electrons. The van der Waals surface area contributed by atoms with Crippen molar-refractivity contribution in [1.82, 2.24) is 23.8 Å².